The molecule has 1 aromatic carbocycles. The second-order valence-corrected chi connectivity index (χ2v) is 6.12. The minimum Gasteiger partial charge on any atom is -0.508 e. The Balaban J connectivity index is 0.00000147. The van der Waals surface area contributed by atoms with E-state index in [2.05, 4.69) is 24.5 Å². The molecule has 1 aromatic rings. The zero-order chi connectivity index (χ0) is 13.5. The van der Waals surface area contributed by atoms with Gasteiger partial charge in [0.05, 0.1) is 0 Å². The molecule has 2 bridgehead atoms. The SMILES string of the molecule is C=CCN1C2CCCC(c3cccc(O)c3)(C2)C1C.Cl. The number of hydrogen-bond donors (Lipinski definition) is 1. The second-order valence-electron chi connectivity index (χ2n) is 6.12. The van der Waals surface area contributed by atoms with Crippen LogP contribution in [0.1, 0.15) is 38.2 Å². The van der Waals surface area contributed by atoms with Crippen LogP contribution in [0.3, 0.4) is 0 Å². The van der Waals surface area contributed by atoms with Crippen molar-refractivity contribution in [3.63, 3.8) is 0 Å². The smallest absolute Gasteiger partial charge is 0.115 e. The lowest BCUT2D eigenvalue weighted by Gasteiger charge is -2.36. The number of halogens is 1. The number of fused-ring (bicyclic) bond motifs is 2. The molecule has 0 amide bonds. The summed E-state index contributed by atoms with van der Waals surface area (Å²) in [4.78, 5) is 2.60. The minimum atomic E-state index is 0. The fraction of sp³-hybridized carbons (Fsp3) is 0.529. The lowest BCUT2D eigenvalue weighted by Crippen LogP contribution is -2.40. The summed E-state index contributed by atoms with van der Waals surface area (Å²) in [6, 6.07) is 9.11. The summed E-state index contributed by atoms with van der Waals surface area (Å²) in [5.74, 6) is 0.392. The molecule has 1 aliphatic heterocycles. The molecule has 1 saturated carbocycles. The molecule has 2 aliphatic rings. The Bertz CT molecular complexity index is 490. The van der Waals surface area contributed by atoms with E-state index in [0.717, 1.165) is 6.54 Å². The van der Waals surface area contributed by atoms with E-state index in [1.165, 1.54) is 31.2 Å². The molecule has 0 spiro atoms. The average Bonchev–Trinajstić information content (AvgIpc) is 2.61. The Morgan fingerprint density at radius 3 is 3.00 bits per heavy atom. The standard InChI is InChI=1S/C17H23NO.ClH/c1-3-10-18-13(2)17(9-5-7-15(18)12-17)14-6-4-8-16(19)11-14;/h3-4,6,8,11,13,15,19H,1,5,7,9-10,12H2,2H3;1H. The van der Waals surface area contributed by atoms with Crippen molar-refractivity contribution >= 4 is 12.4 Å². The average molecular weight is 294 g/mol. The highest BCUT2D eigenvalue weighted by Gasteiger charge is 2.52. The first kappa shape index (κ1) is 15.4. The van der Waals surface area contributed by atoms with Crippen molar-refractivity contribution in [3.8, 4) is 5.75 Å². The third-order valence-corrected chi connectivity index (χ3v) is 5.29. The largest absolute Gasteiger partial charge is 0.508 e. The maximum atomic E-state index is 9.79. The van der Waals surface area contributed by atoms with Gasteiger partial charge in [-0.15, -0.1) is 19.0 Å². The molecule has 0 aromatic heterocycles. The number of aromatic hydroxyl groups is 1. The number of hydrogen-bond acceptors (Lipinski definition) is 2. The summed E-state index contributed by atoms with van der Waals surface area (Å²) in [7, 11) is 0. The van der Waals surface area contributed by atoms with Crippen molar-refractivity contribution in [1.82, 2.24) is 4.90 Å². The lowest BCUT2D eigenvalue weighted by atomic mass is 9.67. The van der Waals surface area contributed by atoms with Crippen molar-refractivity contribution in [2.45, 2.75) is 50.1 Å². The van der Waals surface area contributed by atoms with Crippen LogP contribution in [0.25, 0.3) is 0 Å². The second kappa shape index (κ2) is 5.79. The van der Waals surface area contributed by atoms with Crippen LogP contribution in [-0.2, 0) is 5.41 Å². The van der Waals surface area contributed by atoms with Crippen LogP contribution in [0.4, 0.5) is 0 Å². The van der Waals surface area contributed by atoms with Crippen LogP contribution in [-0.4, -0.2) is 28.6 Å². The van der Waals surface area contributed by atoms with Gasteiger partial charge in [0.2, 0.25) is 0 Å². The van der Waals surface area contributed by atoms with E-state index in [1.807, 2.05) is 18.2 Å². The predicted octanol–water partition coefficient (Wildman–Crippen LogP) is 3.88. The summed E-state index contributed by atoms with van der Waals surface area (Å²) in [6.45, 7) is 7.23. The van der Waals surface area contributed by atoms with Crippen LogP contribution in [0.2, 0.25) is 0 Å². The summed E-state index contributed by atoms with van der Waals surface area (Å²) in [5, 5.41) is 9.79. The van der Waals surface area contributed by atoms with E-state index < -0.39 is 0 Å². The molecule has 1 aliphatic carbocycles. The van der Waals surface area contributed by atoms with Gasteiger partial charge in [-0.05, 0) is 43.9 Å². The normalized spacial score (nSPS) is 32.6. The van der Waals surface area contributed by atoms with Crippen molar-refractivity contribution in [2.24, 2.45) is 0 Å². The molecular weight excluding hydrogens is 270 g/mol. The Labute approximate surface area is 127 Å². The number of phenols is 1. The molecule has 0 radical (unpaired) electrons. The van der Waals surface area contributed by atoms with Gasteiger partial charge in [-0.25, -0.2) is 0 Å². The molecule has 110 valence electrons. The Morgan fingerprint density at radius 2 is 2.30 bits per heavy atom. The zero-order valence-electron chi connectivity index (χ0n) is 12.1. The monoisotopic (exact) mass is 293 g/mol. The lowest BCUT2D eigenvalue weighted by molar-refractivity contribution is 0.214. The van der Waals surface area contributed by atoms with Crippen molar-refractivity contribution < 1.29 is 5.11 Å². The van der Waals surface area contributed by atoms with Gasteiger partial charge < -0.3 is 5.11 Å². The third-order valence-electron chi connectivity index (χ3n) is 5.29. The van der Waals surface area contributed by atoms with Crippen LogP contribution < -0.4 is 0 Å². The summed E-state index contributed by atoms with van der Waals surface area (Å²) in [5.41, 5.74) is 1.54. The van der Waals surface area contributed by atoms with E-state index in [4.69, 9.17) is 0 Å². The molecule has 3 unspecified atom stereocenters. The van der Waals surface area contributed by atoms with Gasteiger partial charge in [0.1, 0.15) is 5.75 Å². The van der Waals surface area contributed by atoms with Gasteiger partial charge in [-0.1, -0.05) is 24.6 Å². The minimum absolute atomic E-state index is 0. The first-order valence-electron chi connectivity index (χ1n) is 7.33. The maximum Gasteiger partial charge on any atom is 0.115 e. The van der Waals surface area contributed by atoms with E-state index in [9.17, 15) is 5.11 Å². The van der Waals surface area contributed by atoms with Gasteiger partial charge in [-0.3, -0.25) is 4.90 Å². The quantitative estimate of drug-likeness (QED) is 0.855. The molecule has 2 fully saturated rings. The molecule has 3 rings (SSSR count). The number of phenolic OH excluding ortho intramolecular Hbond substituents is 1. The molecule has 1 N–H and O–H groups in total. The topological polar surface area (TPSA) is 23.5 Å². The fourth-order valence-electron chi connectivity index (χ4n) is 4.35. The summed E-state index contributed by atoms with van der Waals surface area (Å²) in [6.07, 6.45) is 7.08. The van der Waals surface area contributed by atoms with Gasteiger partial charge in [-0.2, -0.15) is 0 Å². The molecule has 1 saturated heterocycles. The van der Waals surface area contributed by atoms with E-state index in [0.29, 0.717) is 17.8 Å². The van der Waals surface area contributed by atoms with Gasteiger partial charge >= 0.3 is 0 Å². The Hall–Kier alpha value is -0.990. The van der Waals surface area contributed by atoms with Crippen LogP contribution in [0, 0.1) is 0 Å². The summed E-state index contributed by atoms with van der Waals surface area (Å²) < 4.78 is 0. The number of rotatable bonds is 3. The number of likely N-dealkylation sites (tertiary alicyclic amines) is 1. The fourth-order valence-corrected chi connectivity index (χ4v) is 4.35. The molecular formula is C17H24ClNO. The molecule has 3 atom stereocenters. The van der Waals surface area contributed by atoms with Crippen LogP contribution >= 0.6 is 12.4 Å². The highest BCUT2D eigenvalue weighted by atomic mass is 35.5. The molecule has 20 heavy (non-hydrogen) atoms. The predicted molar refractivity (Wildman–Crippen MR) is 85.7 cm³/mol. The van der Waals surface area contributed by atoms with Crippen molar-refractivity contribution in [3.05, 3.63) is 42.5 Å². The Kier molecular flexibility index (Phi) is 4.46. The highest BCUT2D eigenvalue weighted by Crippen LogP contribution is 2.51. The van der Waals surface area contributed by atoms with E-state index >= 15 is 0 Å². The maximum absolute atomic E-state index is 9.79. The molecule has 3 heteroatoms. The highest BCUT2D eigenvalue weighted by molar-refractivity contribution is 5.85. The van der Waals surface area contributed by atoms with Gasteiger partial charge in [0.25, 0.3) is 0 Å². The first-order valence-corrected chi connectivity index (χ1v) is 7.33. The molecule has 2 nitrogen and oxygen atoms in total. The van der Waals surface area contributed by atoms with Crippen molar-refractivity contribution in [1.29, 1.82) is 0 Å². The summed E-state index contributed by atoms with van der Waals surface area (Å²) >= 11 is 0. The van der Waals surface area contributed by atoms with E-state index in [-0.39, 0.29) is 17.8 Å². The van der Waals surface area contributed by atoms with Crippen molar-refractivity contribution in [2.75, 3.05) is 6.54 Å². The van der Waals surface area contributed by atoms with Gasteiger partial charge in [0, 0.05) is 24.0 Å². The number of benzene rings is 1. The third kappa shape index (κ3) is 2.25. The van der Waals surface area contributed by atoms with E-state index in [1.54, 1.807) is 6.07 Å². The van der Waals surface area contributed by atoms with Gasteiger partial charge in [0.15, 0.2) is 0 Å². The Morgan fingerprint density at radius 1 is 1.50 bits per heavy atom. The van der Waals surface area contributed by atoms with Crippen LogP contribution in [0.5, 0.6) is 5.75 Å². The molecule has 1 heterocycles. The first-order chi connectivity index (χ1) is 9.17. The number of nitrogens with zero attached hydrogens (tertiary/aromatic N) is 1. The van der Waals surface area contributed by atoms with Crippen LogP contribution in [0.15, 0.2) is 36.9 Å². The zero-order valence-corrected chi connectivity index (χ0v) is 12.9.